The molecule has 1 aliphatic rings. The Morgan fingerprint density at radius 1 is 1.19 bits per heavy atom. The second kappa shape index (κ2) is 5.50. The number of methoxy groups -OCH3 is 2. The highest BCUT2D eigenvalue weighted by molar-refractivity contribution is 5.42. The first-order chi connectivity index (χ1) is 9.70. The summed E-state index contributed by atoms with van der Waals surface area (Å²) in [6.07, 6.45) is 0.918. The highest BCUT2D eigenvalue weighted by Crippen LogP contribution is 2.48. The molecule has 1 aromatic rings. The van der Waals surface area contributed by atoms with Gasteiger partial charge in [0.15, 0.2) is 0 Å². The van der Waals surface area contributed by atoms with Gasteiger partial charge >= 0.3 is 0 Å². The summed E-state index contributed by atoms with van der Waals surface area (Å²) >= 11 is 0. The van der Waals surface area contributed by atoms with E-state index in [1.807, 2.05) is 18.2 Å². The summed E-state index contributed by atoms with van der Waals surface area (Å²) in [5.74, 6) is 1.80. The molecule has 0 amide bonds. The van der Waals surface area contributed by atoms with Crippen LogP contribution in [-0.2, 0) is 4.74 Å². The summed E-state index contributed by atoms with van der Waals surface area (Å²) in [7, 11) is 3.32. The van der Waals surface area contributed by atoms with E-state index in [0.717, 1.165) is 23.5 Å². The molecule has 1 aliphatic heterocycles. The number of benzene rings is 1. The number of ether oxygens (including phenoxy) is 3. The summed E-state index contributed by atoms with van der Waals surface area (Å²) in [4.78, 5) is 0. The molecule has 1 saturated heterocycles. The molecule has 118 valence electrons. The molecule has 4 nitrogen and oxygen atoms in total. The quantitative estimate of drug-likeness (QED) is 0.925. The van der Waals surface area contributed by atoms with Gasteiger partial charge in [-0.15, -0.1) is 0 Å². The highest BCUT2D eigenvalue weighted by atomic mass is 16.5. The van der Waals surface area contributed by atoms with Gasteiger partial charge in [0.1, 0.15) is 11.5 Å². The van der Waals surface area contributed by atoms with Crippen molar-refractivity contribution in [2.45, 2.75) is 51.4 Å². The number of rotatable bonds is 4. The average Bonchev–Trinajstić information content (AvgIpc) is 2.65. The smallest absolute Gasteiger partial charge is 0.123 e. The van der Waals surface area contributed by atoms with Crippen molar-refractivity contribution in [3.8, 4) is 11.5 Å². The molecule has 1 heterocycles. The van der Waals surface area contributed by atoms with Gasteiger partial charge in [-0.05, 0) is 52.3 Å². The van der Waals surface area contributed by atoms with E-state index in [1.54, 1.807) is 14.2 Å². The Morgan fingerprint density at radius 2 is 1.86 bits per heavy atom. The van der Waals surface area contributed by atoms with Crippen LogP contribution in [0.25, 0.3) is 0 Å². The second-order valence-electron chi connectivity index (χ2n) is 6.91. The largest absolute Gasteiger partial charge is 0.497 e. The van der Waals surface area contributed by atoms with E-state index in [-0.39, 0.29) is 23.2 Å². The maximum absolute atomic E-state index is 6.58. The molecule has 2 N–H and O–H groups in total. The van der Waals surface area contributed by atoms with Crippen LogP contribution < -0.4 is 15.2 Å². The average molecular weight is 293 g/mol. The van der Waals surface area contributed by atoms with Gasteiger partial charge in [0, 0.05) is 17.5 Å². The fourth-order valence-electron chi connectivity index (χ4n) is 3.48. The van der Waals surface area contributed by atoms with E-state index < -0.39 is 0 Å². The Balaban J connectivity index is 2.37. The van der Waals surface area contributed by atoms with Gasteiger partial charge in [-0.3, -0.25) is 0 Å². The topological polar surface area (TPSA) is 53.7 Å². The van der Waals surface area contributed by atoms with Crippen LogP contribution in [0.5, 0.6) is 11.5 Å². The van der Waals surface area contributed by atoms with Crippen LogP contribution in [0.4, 0.5) is 0 Å². The minimum atomic E-state index is -0.267. The van der Waals surface area contributed by atoms with Gasteiger partial charge in [0.25, 0.3) is 0 Å². The fourth-order valence-corrected chi connectivity index (χ4v) is 3.48. The fraction of sp³-hybridized carbons (Fsp3) is 0.647. The molecule has 0 aliphatic carbocycles. The number of hydrogen-bond acceptors (Lipinski definition) is 4. The van der Waals surface area contributed by atoms with E-state index in [9.17, 15) is 0 Å². The van der Waals surface area contributed by atoms with Crippen molar-refractivity contribution in [3.05, 3.63) is 23.8 Å². The van der Waals surface area contributed by atoms with E-state index in [0.29, 0.717) is 0 Å². The van der Waals surface area contributed by atoms with Crippen molar-refractivity contribution in [2.24, 2.45) is 11.7 Å². The molecule has 1 fully saturated rings. The molecule has 1 aromatic carbocycles. The molecule has 0 saturated carbocycles. The van der Waals surface area contributed by atoms with Crippen LogP contribution >= 0.6 is 0 Å². The number of hydrogen-bond donors (Lipinski definition) is 1. The minimum Gasteiger partial charge on any atom is -0.497 e. The van der Waals surface area contributed by atoms with E-state index in [1.165, 1.54) is 0 Å². The monoisotopic (exact) mass is 293 g/mol. The first-order valence-corrected chi connectivity index (χ1v) is 7.38. The lowest BCUT2D eigenvalue weighted by atomic mass is 9.79. The minimum absolute atomic E-state index is 0.155. The van der Waals surface area contributed by atoms with Gasteiger partial charge in [0.2, 0.25) is 0 Å². The van der Waals surface area contributed by atoms with Crippen molar-refractivity contribution in [3.63, 3.8) is 0 Å². The van der Waals surface area contributed by atoms with Crippen molar-refractivity contribution in [2.75, 3.05) is 14.2 Å². The van der Waals surface area contributed by atoms with Gasteiger partial charge in [0.05, 0.1) is 25.4 Å². The van der Waals surface area contributed by atoms with Crippen molar-refractivity contribution >= 4 is 0 Å². The van der Waals surface area contributed by atoms with E-state index in [2.05, 4.69) is 27.7 Å². The van der Waals surface area contributed by atoms with E-state index in [4.69, 9.17) is 19.9 Å². The van der Waals surface area contributed by atoms with Crippen LogP contribution in [0, 0.1) is 5.92 Å². The van der Waals surface area contributed by atoms with Crippen LogP contribution in [0.2, 0.25) is 0 Å². The standard InChI is InChI=1S/C17H27NO3/c1-16(2)10-13(17(3,4)21-16)15(18)12-9-11(19-5)7-8-14(12)20-6/h7-9,13,15H,10,18H2,1-6H3. The molecule has 2 unspecified atom stereocenters. The molecule has 2 atom stereocenters. The maximum Gasteiger partial charge on any atom is 0.123 e. The zero-order valence-electron chi connectivity index (χ0n) is 13.9. The lowest BCUT2D eigenvalue weighted by Crippen LogP contribution is -2.36. The summed E-state index contributed by atoms with van der Waals surface area (Å²) < 4.78 is 17.0. The van der Waals surface area contributed by atoms with Crippen molar-refractivity contribution in [1.82, 2.24) is 0 Å². The summed E-state index contributed by atoms with van der Waals surface area (Å²) in [5.41, 5.74) is 7.13. The predicted octanol–water partition coefficient (Wildman–Crippen LogP) is 3.30. The Morgan fingerprint density at radius 3 is 2.33 bits per heavy atom. The molecule has 0 spiro atoms. The zero-order valence-corrected chi connectivity index (χ0v) is 13.9. The molecule has 4 heteroatoms. The Hall–Kier alpha value is -1.26. The van der Waals surface area contributed by atoms with Crippen LogP contribution in [0.1, 0.15) is 45.7 Å². The summed E-state index contributed by atoms with van der Waals surface area (Å²) in [5, 5.41) is 0. The lowest BCUT2D eigenvalue weighted by Gasteiger charge is -2.31. The van der Waals surface area contributed by atoms with Gasteiger partial charge in [-0.1, -0.05) is 0 Å². The second-order valence-corrected chi connectivity index (χ2v) is 6.91. The Labute approximate surface area is 127 Å². The first-order valence-electron chi connectivity index (χ1n) is 7.38. The highest BCUT2D eigenvalue weighted by Gasteiger charge is 2.48. The van der Waals surface area contributed by atoms with Crippen LogP contribution in [-0.4, -0.2) is 25.4 Å². The predicted molar refractivity (Wildman–Crippen MR) is 83.8 cm³/mol. The van der Waals surface area contributed by atoms with Gasteiger partial charge in [-0.2, -0.15) is 0 Å². The lowest BCUT2D eigenvalue weighted by molar-refractivity contribution is -0.0767. The molecular formula is C17H27NO3. The Bertz CT molecular complexity index is 511. The number of nitrogens with two attached hydrogens (primary N) is 1. The molecular weight excluding hydrogens is 266 g/mol. The molecule has 2 rings (SSSR count). The third kappa shape index (κ3) is 3.16. The van der Waals surface area contributed by atoms with Gasteiger partial charge < -0.3 is 19.9 Å². The van der Waals surface area contributed by atoms with Crippen molar-refractivity contribution < 1.29 is 14.2 Å². The molecule has 0 radical (unpaired) electrons. The molecule has 21 heavy (non-hydrogen) atoms. The summed E-state index contributed by atoms with van der Waals surface area (Å²) in [6, 6.07) is 5.59. The molecule has 0 bridgehead atoms. The normalized spacial score (nSPS) is 24.6. The van der Waals surface area contributed by atoms with Gasteiger partial charge in [-0.25, -0.2) is 0 Å². The maximum atomic E-state index is 6.58. The van der Waals surface area contributed by atoms with Crippen LogP contribution in [0.15, 0.2) is 18.2 Å². The third-order valence-electron chi connectivity index (χ3n) is 4.37. The SMILES string of the molecule is COc1ccc(OC)c(C(N)C2CC(C)(C)OC2(C)C)c1. The van der Waals surface area contributed by atoms with Crippen LogP contribution in [0.3, 0.4) is 0 Å². The Kier molecular flexibility index (Phi) is 4.22. The molecule has 0 aromatic heterocycles. The zero-order chi connectivity index (χ0) is 15.8. The summed E-state index contributed by atoms with van der Waals surface area (Å²) in [6.45, 7) is 8.45. The van der Waals surface area contributed by atoms with Crippen molar-refractivity contribution in [1.29, 1.82) is 0 Å². The van der Waals surface area contributed by atoms with E-state index >= 15 is 0 Å². The third-order valence-corrected chi connectivity index (χ3v) is 4.37. The first kappa shape index (κ1) is 16.1.